The summed E-state index contributed by atoms with van der Waals surface area (Å²) in [6, 6.07) is 1.93. The Morgan fingerprint density at radius 3 is 2.64 bits per heavy atom. The van der Waals surface area contributed by atoms with Crippen molar-refractivity contribution in [3.05, 3.63) is 18.3 Å². The summed E-state index contributed by atoms with van der Waals surface area (Å²) in [5, 5.41) is 8.83. The van der Waals surface area contributed by atoms with Gasteiger partial charge in [-0.05, 0) is 22.6 Å². The third-order valence-corrected chi connectivity index (χ3v) is 3.66. The molecular weight excluding hydrogens is 296 g/mol. The zero-order valence-corrected chi connectivity index (χ0v) is 8.83. The van der Waals surface area contributed by atoms with E-state index < -0.39 is 0 Å². The van der Waals surface area contributed by atoms with Gasteiger partial charge < -0.3 is 0 Å². The highest BCUT2D eigenvalue weighted by molar-refractivity contribution is 14.1. The first-order chi connectivity index (χ1) is 5.20. The molecule has 1 heterocycles. The van der Waals surface area contributed by atoms with Crippen molar-refractivity contribution in [2.75, 3.05) is 0 Å². The first-order valence-corrected chi connectivity index (χ1v) is 4.81. The number of nitriles is 1. The number of nitrogens with zero attached hydrogens (tertiary/aromatic N) is 1. The molecule has 2 nitrogen and oxygen atoms in total. The molecule has 0 N–H and O–H groups in total. The molecule has 0 saturated heterocycles. The van der Waals surface area contributed by atoms with Gasteiger partial charge >= 0.3 is 0 Å². The molecule has 0 aliphatic carbocycles. The van der Waals surface area contributed by atoms with Crippen LogP contribution in [0.3, 0.4) is 0 Å². The molecule has 0 bridgehead atoms. The van der Waals surface area contributed by atoms with E-state index >= 15 is 0 Å². The molecule has 0 radical (unpaired) electrons. The van der Waals surface area contributed by atoms with Crippen LogP contribution in [-0.4, -0.2) is 6.29 Å². The maximum absolute atomic E-state index is 10.3. The normalized spacial score (nSPS) is 9.18. The van der Waals surface area contributed by atoms with Crippen molar-refractivity contribution in [3.8, 4) is 6.07 Å². The largest absolute Gasteiger partial charge is 0.297 e. The van der Waals surface area contributed by atoms with Gasteiger partial charge in [0.1, 0.15) is 6.07 Å². The van der Waals surface area contributed by atoms with E-state index in [4.69, 9.17) is 16.9 Å². The molecule has 1 rings (SSSR count). The summed E-state index contributed by atoms with van der Waals surface area (Å²) in [5.74, 6) is 0. The van der Waals surface area contributed by atoms with Gasteiger partial charge in [-0.3, -0.25) is 4.79 Å². The van der Waals surface area contributed by atoms with E-state index in [9.17, 15) is 4.79 Å². The van der Waals surface area contributed by atoms with Crippen LogP contribution in [0.5, 0.6) is 0 Å². The number of hydrogen-bond donors (Lipinski definition) is 0. The van der Waals surface area contributed by atoms with Gasteiger partial charge in [-0.15, -0.1) is 11.3 Å². The predicted molar refractivity (Wildman–Crippen MR) is 52.1 cm³/mol. The molecule has 5 heteroatoms. The van der Waals surface area contributed by atoms with E-state index in [1.165, 1.54) is 11.3 Å². The second-order valence-corrected chi connectivity index (χ2v) is 4.90. The van der Waals surface area contributed by atoms with Gasteiger partial charge in [-0.25, -0.2) is 0 Å². The Kier molecular flexibility index (Phi) is 2.87. The first kappa shape index (κ1) is 8.97. The van der Waals surface area contributed by atoms with Gasteiger partial charge in [0, 0.05) is 0 Å². The van der Waals surface area contributed by atoms with E-state index in [-0.39, 0.29) is 5.02 Å². The number of rotatable bonds is 1. The summed E-state index contributed by atoms with van der Waals surface area (Å²) in [6.45, 7) is 0. The minimum absolute atomic E-state index is 0.275. The van der Waals surface area contributed by atoms with Crippen molar-refractivity contribution in [1.82, 2.24) is 0 Å². The van der Waals surface area contributed by atoms with E-state index in [0.717, 1.165) is 2.88 Å². The first-order valence-electron chi connectivity index (χ1n) is 2.53. The molecule has 0 spiro atoms. The van der Waals surface area contributed by atoms with Gasteiger partial charge in [-0.1, -0.05) is 11.6 Å². The van der Waals surface area contributed by atoms with Crippen LogP contribution in [0.25, 0.3) is 0 Å². The Bertz CT molecular complexity index is 341. The molecule has 1 aromatic rings. The average Bonchev–Trinajstić information content (AvgIpc) is 2.26. The monoisotopic (exact) mass is 297 g/mol. The lowest BCUT2D eigenvalue weighted by Crippen LogP contribution is -1.73. The Balaban J connectivity index is 3.39. The number of carbonyl (C=O) groups excluding carboxylic acids is 1. The predicted octanol–water partition coefficient (Wildman–Crippen LogP) is 2.69. The Morgan fingerprint density at radius 2 is 2.36 bits per heavy atom. The number of carbonyl (C=O) groups is 1. The van der Waals surface area contributed by atoms with Crippen LogP contribution in [0, 0.1) is 14.2 Å². The van der Waals surface area contributed by atoms with E-state index in [2.05, 4.69) is 0 Å². The molecule has 0 aromatic carbocycles. The number of hydrogen-bond acceptors (Lipinski definition) is 3. The van der Waals surface area contributed by atoms with Gasteiger partial charge in [0.05, 0.1) is 18.3 Å². The zero-order chi connectivity index (χ0) is 8.43. The standard InChI is InChI=1S/C6HClINOS/c7-5-3(1-9)6(8)11-4(5)2-10/h2H. The third-order valence-electron chi connectivity index (χ3n) is 1.05. The summed E-state index contributed by atoms with van der Waals surface area (Å²) in [7, 11) is 0. The average molecular weight is 298 g/mol. The van der Waals surface area contributed by atoms with Crippen molar-refractivity contribution in [3.63, 3.8) is 0 Å². The van der Waals surface area contributed by atoms with Crippen molar-refractivity contribution in [1.29, 1.82) is 5.26 Å². The molecule has 0 unspecified atom stereocenters. The van der Waals surface area contributed by atoms with E-state index in [0.29, 0.717) is 16.7 Å². The van der Waals surface area contributed by atoms with Crippen LogP contribution in [0.4, 0.5) is 0 Å². The van der Waals surface area contributed by atoms with E-state index in [1.54, 1.807) is 0 Å². The summed E-state index contributed by atoms with van der Waals surface area (Å²) >= 11 is 8.89. The Morgan fingerprint density at radius 1 is 1.73 bits per heavy atom. The fourth-order valence-corrected chi connectivity index (χ4v) is 2.87. The lowest BCUT2D eigenvalue weighted by molar-refractivity contribution is 0.112. The number of halogens is 2. The van der Waals surface area contributed by atoms with Crippen LogP contribution >= 0.6 is 45.5 Å². The highest BCUT2D eigenvalue weighted by Crippen LogP contribution is 2.31. The third kappa shape index (κ3) is 1.55. The molecule has 0 fully saturated rings. The minimum atomic E-state index is 0.275. The lowest BCUT2D eigenvalue weighted by Gasteiger charge is -1.81. The second kappa shape index (κ2) is 3.52. The Labute approximate surface area is 85.9 Å². The summed E-state index contributed by atoms with van der Waals surface area (Å²) < 4.78 is 0.761. The molecule has 0 atom stereocenters. The topological polar surface area (TPSA) is 40.9 Å². The van der Waals surface area contributed by atoms with Crippen molar-refractivity contribution in [2.45, 2.75) is 0 Å². The molecule has 1 aromatic heterocycles. The molecule has 0 aliphatic heterocycles. The molecule has 11 heavy (non-hydrogen) atoms. The fourth-order valence-electron chi connectivity index (χ4n) is 0.571. The highest BCUT2D eigenvalue weighted by atomic mass is 127. The molecule has 56 valence electrons. The van der Waals surface area contributed by atoms with Crippen molar-refractivity contribution >= 4 is 51.8 Å². The summed E-state index contributed by atoms with van der Waals surface area (Å²) in [5.41, 5.74) is 0.402. The minimum Gasteiger partial charge on any atom is -0.297 e. The van der Waals surface area contributed by atoms with Gasteiger partial charge in [0.25, 0.3) is 0 Å². The van der Waals surface area contributed by atoms with Crippen LogP contribution in [0.2, 0.25) is 5.02 Å². The van der Waals surface area contributed by atoms with E-state index in [1.807, 2.05) is 28.7 Å². The molecule has 0 saturated carbocycles. The summed E-state index contributed by atoms with van der Waals surface area (Å²) in [4.78, 5) is 10.7. The van der Waals surface area contributed by atoms with Gasteiger partial charge in [-0.2, -0.15) is 5.26 Å². The van der Waals surface area contributed by atoms with Gasteiger partial charge in [0.2, 0.25) is 0 Å². The fraction of sp³-hybridized carbons (Fsp3) is 0. The quantitative estimate of drug-likeness (QED) is 0.591. The number of thiophene rings is 1. The summed E-state index contributed by atoms with van der Waals surface area (Å²) in [6.07, 6.45) is 0.663. The van der Waals surface area contributed by atoms with Gasteiger partial charge in [0.15, 0.2) is 6.29 Å². The van der Waals surface area contributed by atoms with Crippen LogP contribution in [0.1, 0.15) is 15.2 Å². The highest BCUT2D eigenvalue weighted by Gasteiger charge is 2.13. The molecule has 0 aliphatic rings. The van der Waals surface area contributed by atoms with Crippen molar-refractivity contribution in [2.24, 2.45) is 0 Å². The molecular formula is C6HClINOS. The molecule has 0 amide bonds. The Hall–Kier alpha value is -0.120. The van der Waals surface area contributed by atoms with Crippen molar-refractivity contribution < 1.29 is 4.79 Å². The maximum Gasteiger partial charge on any atom is 0.161 e. The zero-order valence-electron chi connectivity index (χ0n) is 5.10. The second-order valence-electron chi connectivity index (χ2n) is 1.66. The van der Waals surface area contributed by atoms with Crippen LogP contribution < -0.4 is 0 Å². The smallest absolute Gasteiger partial charge is 0.161 e. The maximum atomic E-state index is 10.3. The van der Waals surface area contributed by atoms with Crippen LogP contribution in [-0.2, 0) is 0 Å². The lowest BCUT2D eigenvalue weighted by atomic mass is 10.3. The SMILES string of the molecule is N#Cc1c(I)sc(C=O)c1Cl. The number of aldehydes is 1. The van der Waals surface area contributed by atoms with Crippen LogP contribution in [0.15, 0.2) is 0 Å².